The monoisotopic (exact) mass is 476 g/mol. The summed E-state index contributed by atoms with van der Waals surface area (Å²) >= 11 is 6.06. The third kappa shape index (κ3) is 7.25. The summed E-state index contributed by atoms with van der Waals surface area (Å²) in [6.45, 7) is 4.09. The molecule has 0 aliphatic rings. The van der Waals surface area contributed by atoms with Gasteiger partial charge in [0, 0.05) is 44.7 Å². The van der Waals surface area contributed by atoms with Crippen LogP contribution in [0.5, 0.6) is 0 Å². The SMILES string of the molecule is CCNC(=NCc1ccn(C)c1)NCC(OC)c1cccc(Cl)c1.I. The Bertz CT molecular complexity index is 675. The maximum atomic E-state index is 6.06. The van der Waals surface area contributed by atoms with E-state index in [0.29, 0.717) is 18.1 Å². The van der Waals surface area contributed by atoms with Crippen molar-refractivity contribution in [1.29, 1.82) is 0 Å². The van der Waals surface area contributed by atoms with Gasteiger partial charge >= 0.3 is 0 Å². The summed E-state index contributed by atoms with van der Waals surface area (Å²) in [6, 6.07) is 9.78. The quantitative estimate of drug-likeness (QED) is 0.364. The van der Waals surface area contributed by atoms with E-state index in [1.165, 1.54) is 5.56 Å². The van der Waals surface area contributed by atoms with Crippen molar-refractivity contribution in [1.82, 2.24) is 15.2 Å². The molecule has 1 unspecified atom stereocenters. The highest BCUT2D eigenvalue weighted by atomic mass is 127. The van der Waals surface area contributed by atoms with Gasteiger partial charge in [-0.3, -0.25) is 0 Å². The van der Waals surface area contributed by atoms with Gasteiger partial charge in [0.2, 0.25) is 0 Å². The Morgan fingerprint density at radius 2 is 2.12 bits per heavy atom. The van der Waals surface area contributed by atoms with Crippen molar-refractivity contribution in [3.8, 4) is 0 Å². The third-order valence-electron chi connectivity index (χ3n) is 3.62. The summed E-state index contributed by atoms with van der Waals surface area (Å²) in [5.74, 6) is 0.769. The number of aromatic nitrogens is 1. The summed E-state index contributed by atoms with van der Waals surface area (Å²) in [4.78, 5) is 4.61. The van der Waals surface area contributed by atoms with Crippen LogP contribution in [0.25, 0.3) is 0 Å². The Hall–Kier alpha value is -1.25. The van der Waals surface area contributed by atoms with Crippen molar-refractivity contribution in [2.45, 2.75) is 19.6 Å². The molecule has 0 amide bonds. The smallest absolute Gasteiger partial charge is 0.191 e. The van der Waals surface area contributed by atoms with Gasteiger partial charge in [-0.05, 0) is 36.2 Å². The molecule has 0 fully saturated rings. The molecule has 138 valence electrons. The molecule has 0 saturated heterocycles. The molecular weight excluding hydrogens is 451 g/mol. The molecular formula is C18H26ClIN4O. The number of nitrogens with one attached hydrogen (secondary N) is 2. The highest BCUT2D eigenvalue weighted by Gasteiger charge is 2.11. The Morgan fingerprint density at radius 1 is 1.32 bits per heavy atom. The van der Waals surface area contributed by atoms with Gasteiger partial charge < -0.3 is 19.9 Å². The van der Waals surface area contributed by atoms with E-state index in [9.17, 15) is 0 Å². The van der Waals surface area contributed by atoms with Crippen LogP contribution in [0, 0.1) is 0 Å². The van der Waals surface area contributed by atoms with Gasteiger partial charge in [-0.1, -0.05) is 23.7 Å². The Morgan fingerprint density at radius 3 is 2.72 bits per heavy atom. The predicted molar refractivity (Wildman–Crippen MR) is 115 cm³/mol. The number of rotatable bonds is 7. The first-order valence-electron chi connectivity index (χ1n) is 8.03. The second-order valence-corrected chi connectivity index (χ2v) is 5.98. The number of ether oxygens (including phenoxy) is 1. The summed E-state index contributed by atoms with van der Waals surface area (Å²) in [5, 5.41) is 7.29. The fourth-order valence-electron chi connectivity index (χ4n) is 2.40. The molecule has 0 saturated carbocycles. The van der Waals surface area contributed by atoms with Gasteiger partial charge in [0.15, 0.2) is 5.96 Å². The van der Waals surface area contributed by atoms with Crippen LogP contribution in [0.1, 0.15) is 24.2 Å². The second kappa shape index (κ2) is 11.4. The first kappa shape index (κ1) is 21.8. The molecule has 0 spiro atoms. The second-order valence-electron chi connectivity index (χ2n) is 5.54. The summed E-state index contributed by atoms with van der Waals surface area (Å²) in [6.07, 6.45) is 3.99. The number of hydrogen-bond acceptors (Lipinski definition) is 2. The van der Waals surface area contributed by atoms with E-state index in [4.69, 9.17) is 16.3 Å². The van der Waals surface area contributed by atoms with Crippen LogP contribution < -0.4 is 10.6 Å². The van der Waals surface area contributed by atoms with Gasteiger partial charge in [-0.15, -0.1) is 24.0 Å². The van der Waals surface area contributed by atoms with E-state index in [1.807, 2.05) is 49.0 Å². The minimum absolute atomic E-state index is 0. The van der Waals surface area contributed by atoms with Gasteiger partial charge in [0.25, 0.3) is 0 Å². The van der Waals surface area contributed by atoms with Crippen molar-refractivity contribution in [2.75, 3.05) is 20.2 Å². The zero-order valence-electron chi connectivity index (χ0n) is 14.8. The summed E-state index contributed by atoms with van der Waals surface area (Å²) < 4.78 is 7.60. The highest BCUT2D eigenvalue weighted by molar-refractivity contribution is 14.0. The first-order chi connectivity index (χ1) is 11.6. The van der Waals surface area contributed by atoms with Gasteiger partial charge in [-0.25, -0.2) is 4.99 Å². The maximum absolute atomic E-state index is 6.06. The molecule has 0 bridgehead atoms. The molecule has 2 aromatic rings. The molecule has 2 N–H and O–H groups in total. The molecule has 0 aliphatic heterocycles. The molecule has 0 radical (unpaired) electrons. The molecule has 0 aliphatic carbocycles. The van der Waals surface area contributed by atoms with Crippen LogP contribution in [0.2, 0.25) is 5.02 Å². The number of aliphatic imine (C=N–C) groups is 1. The van der Waals surface area contributed by atoms with Crippen molar-refractivity contribution in [3.63, 3.8) is 0 Å². The Labute approximate surface area is 171 Å². The van der Waals surface area contributed by atoms with E-state index in [2.05, 4.69) is 27.9 Å². The van der Waals surface area contributed by atoms with E-state index >= 15 is 0 Å². The molecule has 1 aromatic heterocycles. The van der Waals surface area contributed by atoms with Crippen LogP contribution in [0.15, 0.2) is 47.7 Å². The van der Waals surface area contributed by atoms with Gasteiger partial charge in [-0.2, -0.15) is 0 Å². The lowest BCUT2D eigenvalue weighted by atomic mass is 10.1. The Balaban J connectivity index is 0.00000312. The standard InChI is InChI=1S/C18H25ClN4O.HI/c1-4-20-18(21-11-14-8-9-23(2)13-14)22-12-17(24-3)15-6-5-7-16(19)10-15;/h5-10,13,17H,4,11-12H2,1-3H3,(H2,20,21,22);1H. The topological polar surface area (TPSA) is 50.6 Å². The van der Waals surface area contributed by atoms with E-state index in [0.717, 1.165) is 18.1 Å². The fourth-order valence-corrected chi connectivity index (χ4v) is 2.60. The first-order valence-corrected chi connectivity index (χ1v) is 8.41. The third-order valence-corrected chi connectivity index (χ3v) is 3.85. The van der Waals surface area contributed by atoms with Gasteiger partial charge in [0.05, 0.1) is 12.6 Å². The fraction of sp³-hybridized carbons (Fsp3) is 0.389. The van der Waals surface area contributed by atoms with Crippen LogP contribution in [0.3, 0.4) is 0 Å². The lowest BCUT2D eigenvalue weighted by molar-refractivity contribution is 0.106. The van der Waals surface area contributed by atoms with E-state index in [1.54, 1.807) is 7.11 Å². The number of nitrogens with zero attached hydrogens (tertiary/aromatic N) is 2. The number of methoxy groups -OCH3 is 1. The predicted octanol–water partition coefficient (Wildman–Crippen LogP) is 3.74. The minimum Gasteiger partial charge on any atom is -0.375 e. The molecule has 5 nitrogen and oxygen atoms in total. The van der Waals surface area contributed by atoms with Gasteiger partial charge in [0.1, 0.15) is 0 Å². The van der Waals surface area contributed by atoms with Crippen LogP contribution >= 0.6 is 35.6 Å². The summed E-state index contributed by atoms with van der Waals surface area (Å²) in [5.41, 5.74) is 2.21. The van der Waals surface area contributed by atoms with Crippen LogP contribution in [-0.2, 0) is 18.3 Å². The van der Waals surface area contributed by atoms with Crippen LogP contribution in [0.4, 0.5) is 0 Å². The molecule has 25 heavy (non-hydrogen) atoms. The molecule has 1 atom stereocenters. The highest BCUT2D eigenvalue weighted by Crippen LogP contribution is 2.19. The van der Waals surface area contributed by atoms with E-state index in [-0.39, 0.29) is 30.1 Å². The molecule has 7 heteroatoms. The average molecular weight is 477 g/mol. The lowest BCUT2D eigenvalue weighted by Gasteiger charge is -2.19. The number of halogens is 2. The average Bonchev–Trinajstić information content (AvgIpc) is 2.98. The maximum Gasteiger partial charge on any atom is 0.191 e. The van der Waals surface area contributed by atoms with Crippen LogP contribution in [-0.4, -0.2) is 30.7 Å². The van der Waals surface area contributed by atoms with Crippen molar-refractivity contribution < 1.29 is 4.74 Å². The number of hydrogen-bond donors (Lipinski definition) is 2. The number of aryl methyl sites for hydroxylation is 1. The molecule has 2 rings (SSSR count). The minimum atomic E-state index is -0.0933. The largest absolute Gasteiger partial charge is 0.375 e. The zero-order chi connectivity index (χ0) is 17.4. The zero-order valence-corrected chi connectivity index (χ0v) is 17.9. The normalized spacial score (nSPS) is 12.4. The number of benzene rings is 1. The molecule has 1 heterocycles. The number of guanidine groups is 1. The van der Waals surface area contributed by atoms with Crippen molar-refractivity contribution in [2.24, 2.45) is 12.0 Å². The Kier molecular flexibility index (Phi) is 9.92. The lowest BCUT2D eigenvalue weighted by Crippen LogP contribution is -2.39. The van der Waals surface area contributed by atoms with Crippen molar-refractivity contribution >= 4 is 41.5 Å². The van der Waals surface area contributed by atoms with Crippen molar-refractivity contribution in [3.05, 3.63) is 58.9 Å². The van der Waals surface area contributed by atoms with E-state index < -0.39 is 0 Å². The molecule has 1 aromatic carbocycles. The summed E-state index contributed by atoms with van der Waals surface area (Å²) in [7, 11) is 3.70.